The topological polar surface area (TPSA) is 12.9 Å². The Kier molecular flexibility index (Phi) is 12.1. The van der Waals surface area contributed by atoms with Crippen molar-refractivity contribution in [3.63, 3.8) is 0 Å². The lowest BCUT2D eigenvalue weighted by atomic mass is 9.85. The highest BCUT2D eigenvalue weighted by atomic mass is 14.7. The van der Waals surface area contributed by atoms with Crippen LogP contribution in [-0.2, 0) is 0 Å². The number of hydrogen-bond acceptors (Lipinski definition) is 1. The summed E-state index contributed by atoms with van der Waals surface area (Å²) in [7, 11) is 0. The van der Waals surface area contributed by atoms with Gasteiger partial charge in [0.25, 0.3) is 0 Å². The van der Waals surface area contributed by atoms with Gasteiger partial charge in [-0.25, -0.2) is 0 Å². The molecule has 0 saturated carbocycles. The smallest absolute Gasteiger partial charge is 0.0711 e. The molecule has 3 aromatic carbocycles. The van der Waals surface area contributed by atoms with E-state index < -0.39 is 0 Å². The normalized spacial score (nSPS) is 11.0. The molecule has 0 amide bonds. The van der Waals surface area contributed by atoms with Crippen LogP contribution in [0, 0.1) is 13.8 Å². The van der Waals surface area contributed by atoms with E-state index in [-0.39, 0.29) is 0 Å². The molecule has 4 rings (SSSR count). The van der Waals surface area contributed by atoms with Gasteiger partial charge < -0.3 is 0 Å². The maximum atomic E-state index is 4.83. The average Bonchev–Trinajstić information content (AvgIpc) is 2.94. The molecule has 0 saturated heterocycles. The van der Waals surface area contributed by atoms with Crippen molar-refractivity contribution < 1.29 is 0 Å². The molecule has 1 aromatic heterocycles. The van der Waals surface area contributed by atoms with Crippen LogP contribution in [0.5, 0.6) is 0 Å². The predicted octanol–water partition coefficient (Wildman–Crippen LogP) is 11.0. The van der Waals surface area contributed by atoms with Crippen LogP contribution < -0.4 is 0 Å². The molecule has 1 heteroatoms. The highest BCUT2D eigenvalue weighted by Gasteiger charge is 2.17. The van der Waals surface area contributed by atoms with Gasteiger partial charge in [-0.15, -0.1) is 0 Å². The number of aryl methyl sites for hydroxylation is 2. The molecule has 0 spiro atoms. The molecule has 1 nitrogen and oxygen atoms in total. The number of pyridine rings is 1. The van der Waals surface area contributed by atoms with Gasteiger partial charge in [0.2, 0.25) is 0 Å². The number of rotatable bonds is 7. The largest absolute Gasteiger partial charge is 0.256 e. The van der Waals surface area contributed by atoms with E-state index >= 15 is 0 Å². The fraction of sp³-hybridized carbons (Fsp3) is 0.343. The number of aromatic nitrogens is 1. The van der Waals surface area contributed by atoms with Gasteiger partial charge in [0.15, 0.2) is 0 Å². The van der Waals surface area contributed by atoms with Crippen LogP contribution in [0.2, 0.25) is 0 Å². The molecule has 4 aromatic rings. The van der Waals surface area contributed by atoms with Gasteiger partial charge in [-0.3, -0.25) is 4.98 Å². The Hall–Kier alpha value is -3.19. The highest BCUT2D eigenvalue weighted by molar-refractivity contribution is 5.78. The third-order valence-corrected chi connectivity index (χ3v) is 6.53. The Labute approximate surface area is 220 Å². The third kappa shape index (κ3) is 6.94. The minimum absolute atomic E-state index is 0.532. The molecule has 0 radical (unpaired) electrons. The lowest BCUT2D eigenvalue weighted by Crippen LogP contribution is -2.01. The molecule has 0 aliphatic rings. The molecular weight excluding hydrogens is 434 g/mol. The van der Waals surface area contributed by atoms with E-state index in [2.05, 4.69) is 107 Å². The Morgan fingerprint density at radius 3 is 1.94 bits per heavy atom. The SMILES string of the molecule is CC.CC.CCCC(CC)c1cc(-c2ccccc2)ccc1-c1cc(-c2c(C)cccc2C)ccn1. The fourth-order valence-electron chi connectivity index (χ4n) is 4.88. The predicted molar refractivity (Wildman–Crippen MR) is 161 cm³/mol. The summed E-state index contributed by atoms with van der Waals surface area (Å²) in [5.41, 5.74) is 11.5. The van der Waals surface area contributed by atoms with Crippen LogP contribution >= 0.6 is 0 Å². The van der Waals surface area contributed by atoms with Crippen LogP contribution in [0.25, 0.3) is 33.5 Å². The summed E-state index contributed by atoms with van der Waals surface area (Å²) in [6, 6.07) is 28.6. The first-order valence-corrected chi connectivity index (χ1v) is 13.8. The van der Waals surface area contributed by atoms with Crippen molar-refractivity contribution in [2.75, 3.05) is 0 Å². The van der Waals surface area contributed by atoms with Crippen molar-refractivity contribution in [1.82, 2.24) is 4.98 Å². The molecule has 1 unspecified atom stereocenters. The Bertz CT molecular complexity index is 1170. The zero-order valence-electron chi connectivity index (χ0n) is 23.7. The summed E-state index contributed by atoms with van der Waals surface area (Å²) in [5.74, 6) is 0.532. The number of hydrogen-bond donors (Lipinski definition) is 0. The van der Waals surface area contributed by atoms with Crippen LogP contribution in [0.15, 0.2) is 85.1 Å². The van der Waals surface area contributed by atoms with Gasteiger partial charge in [0, 0.05) is 11.8 Å². The van der Waals surface area contributed by atoms with E-state index in [9.17, 15) is 0 Å². The van der Waals surface area contributed by atoms with Crippen molar-refractivity contribution >= 4 is 0 Å². The van der Waals surface area contributed by atoms with Gasteiger partial charge in [0.1, 0.15) is 0 Å². The first-order chi connectivity index (χ1) is 17.6. The lowest BCUT2D eigenvalue weighted by molar-refractivity contribution is 0.597. The molecule has 0 bridgehead atoms. The minimum Gasteiger partial charge on any atom is -0.256 e. The van der Waals surface area contributed by atoms with Crippen LogP contribution in [0.1, 0.15) is 83.4 Å². The maximum absolute atomic E-state index is 4.83. The summed E-state index contributed by atoms with van der Waals surface area (Å²) in [6.45, 7) is 17.0. The van der Waals surface area contributed by atoms with Crippen molar-refractivity contribution in [3.8, 4) is 33.5 Å². The van der Waals surface area contributed by atoms with Crippen molar-refractivity contribution in [3.05, 3.63) is 102 Å². The number of benzene rings is 3. The van der Waals surface area contributed by atoms with E-state index in [1.54, 1.807) is 0 Å². The Balaban J connectivity index is 0.00000109. The van der Waals surface area contributed by atoms with Gasteiger partial charge in [-0.1, -0.05) is 115 Å². The van der Waals surface area contributed by atoms with Crippen LogP contribution in [-0.4, -0.2) is 4.98 Å². The van der Waals surface area contributed by atoms with E-state index in [0.29, 0.717) is 5.92 Å². The van der Waals surface area contributed by atoms with E-state index in [0.717, 1.165) is 12.1 Å². The number of nitrogens with zero attached hydrogens (tertiary/aromatic N) is 1. The molecule has 0 aliphatic carbocycles. The van der Waals surface area contributed by atoms with E-state index in [1.165, 1.54) is 57.3 Å². The second-order valence-electron chi connectivity index (χ2n) is 8.76. The maximum Gasteiger partial charge on any atom is 0.0711 e. The molecule has 0 aliphatic heterocycles. The quantitative estimate of drug-likeness (QED) is 0.257. The summed E-state index contributed by atoms with van der Waals surface area (Å²) < 4.78 is 0. The summed E-state index contributed by atoms with van der Waals surface area (Å²) in [6.07, 6.45) is 5.48. The van der Waals surface area contributed by atoms with Gasteiger partial charge in [-0.2, -0.15) is 0 Å². The van der Waals surface area contributed by atoms with Gasteiger partial charge in [-0.05, 0) is 83.7 Å². The van der Waals surface area contributed by atoms with Crippen molar-refractivity contribution in [2.45, 2.75) is 80.6 Å². The standard InChI is InChI=1S/C31H33N.2C2H6/c1-5-11-24(6-2)29-20-26(25-14-8-7-9-15-25)16-17-28(29)30-21-27(18-19-32-30)31-22(3)12-10-13-23(31)4;2*1-2/h7-10,12-21,24H,5-6,11H2,1-4H3;2*1-2H3. The second kappa shape index (κ2) is 15.0. The first kappa shape index (κ1) is 29.0. The lowest BCUT2D eigenvalue weighted by Gasteiger charge is -2.20. The first-order valence-electron chi connectivity index (χ1n) is 13.8. The minimum atomic E-state index is 0.532. The Morgan fingerprint density at radius 2 is 1.33 bits per heavy atom. The Morgan fingerprint density at radius 1 is 0.667 bits per heavy atom. The highest BCUT2D eigenvalue weighted by Crippen LogP contribution is 2.38. The van der Waals surface area contributed by atoms with E-state index in [1.807, 2.05) is 33.9 Å². The van der Waals surface area contributed by atoms with Gasteiger partial charge in [0.05, 0.1) is 5.69 Å². The summed E-state index contributed by atoms with van der Waals surface area (Å²) in [5, 5.41) is 0. The molecule has 0 N–H and O–H groups in total. The van der Waals surface area contributed by atoms with Gasteiger partial charge >= 0.3 is 0 Å². The average molecular weight is 480 g/mol. The monoisotopic (exact) mass is 479 g/mol. The van der Waals surface area contributed by atoms with Crippen molar-refractivity contribution in [2.24, 2.45) is 0 Å². The summed E-state index contributed by atoms with van der Waals surface area (Å²) >= 11 is 0. The zero-order valence-corrected chi connectivity index (χ0v) is 23.7. The fourth-order valence-corrected chi connectivity index (χ4v) is 4.88. The van der Waals surface area contributed by atoms with E-state index in [4.69, 9.17) is 4.98 Å². The molecular formula is C35H45N. The van der Waals surface area contributed by atoms with Crippen LogP contribution in [0.3, 0.4) is 0 Å². The second-order valence-corrected chi connectivity index (χ2v) is 8.76. The molecule has 36 heavy (non-hydrogen) atoms. The summed E-state index contributed by atoms with van der Waals surface area (Å²) in [4.78, 5) is 4.83. The zero-order chi connectivity index (χ0) is 26.5. The molecule has 1 heterocycles. The molecule has 190 valence electrons. The molecule has 1 atom stereocenters. The third-order valence-electron chi connectivity index (χ3n) is 6.53. The van der Waals surface area contributed by atoms with Crippen LogP contribution in [0.4, 0.5) is 0 Å². The molecule has 0 fully saturated rings. The van der Waals surface area contributed by atoms with Crippen molar-refractivity contribution in [1.29, 1.82) is 0 Å².